The summed E-state index contributed by atoms with van der Waals surface area (Å²) in [5.41, 5.74) is 7.98. The van der Waals surface area contributed by atoms with Crippen LogP contribution < -0.4 is 46.6 Å². The van der Waals surface area contributed by atoms with Crippen LogP contribution in [0.4, 0.5) is 0 Å². The summed E-state index contributed by atoms with van der Waals surface area (Å²) in [5.74, 6) is 3.52. The van der Waals surface area contributed by atoms with Gasteiger partial charge in [-0.3, -0.25) is 0 Å². The lowest BCUT2D eigenvalue weighted by atomic mass is 9.34. The molecule has 0 saturated heterocycles. The van der Waals surface area contributed by atoms with Gasteiger partial charge in [0.1, 0.15) is 23.0 Å². The van der Waals surface area contributed by atoms with Gasteiger partial charge in [-0.05, 0) is 72.6 Å². The number of fused-ring (bicyclic) bond motifs is 4. The zero-order chi connectivity index (χ0) is 34.5. The van der Waals surface area contributed by atoms with Crippen LogP contribution in [0.5, 0.6) is 23.0 Å². The van der Waals surface area contributed by atoms with Crippen LogP contribution in [0.1, 0.15) is 0 Å². The van der Waals surface area contributed by atoms with Crippen LogP contribution in [-0.4, -0.2) is 14.8 Å². The molecule has 2 aliphatic rings. The van der Waals surface area contributed by atoms with Crippen molar-refractivity contribution < 1.29 is 9.47 Å². The first-order valence-corrected chi connectivity index (χ1v) is 19.9. The molecular formula is C48H33BO2Si. The lowest BCUT2D eigenvalue weighted by Crippen LogP contribution is -2.74. The summed E-state index contributed by atoms with van der Waals surface area (Å²) < 4.78 is 13.2. The number of hydrogen-bond acceptors (Lipinski definition) is 2. The van der Waals surface area contributed by atoms with Crippen molar-refractivity contribution >= 4 is 51.9 Å². The van der Waals surface area contributed by atoms with E-state index in [1.165, 1.54) is 31.9 Å². The number of hydrogen-bond donors (Lipinski definition) is 0. The van der Waals surface area contributed by atoms with E-state index in [2.05, 4.69) is 182 Å². The molecule has 2 aliphatic heterocycles. The quantitative estimate of drug-likeness (QED) is 0.138. The predicted molar refractivity (Wildman–Crippen MR) is 219 cm³/mol. The van der Waals surface area contributed by atoms with Gasteiger partial charge in [0.25, 0.3) is 6.71 Å². The van der Waals surface area contributed by atoms with Crippen molar-refractivity contribution in [1.29, 1.82) is 0 Å². The van der Waals surface area contributed by atoms with Crippen molar-refractivity contribution in [1.82, 2.24) is 0 Å². The van der Waals surface area contributed by atoms with Gasteiger partial charge in [0.2, 0.25) is 0 Å². The van der Waals surface area contributed by atoms with Gasteiger partial charge in [0.05, 0.1) is 0 Å². The highest BCUT2D eigenvalue weighted by Crippen LogP contribution is 2.39. The van der Waals surface area contributed by atoms with Gasteiger partial charge in [-0.25, -0.2) is 0 Å². The fraction of sp³-hybridized carbons (Fsp3) is 0. The second-order valence-electron chi connectivity index (χ2n) is 13.6. The third-order valence-corrected chi connectivity index (χ3v) is 15.5. The van der Waals surface area contributed by atoms with Crippen molar-refractivity contribution in [2.24, 2.45) is 0 Å². The van der Waals surface area contributed by atoms with E-state index in [9.17, 15) is 0 Å². The Morgan fingerprint density at radius 1 is 0.346 bits per heavy atom. The number of para-hydroxylation sites is 2. The van der Waals surface area contributed by atoms with Crippen LogP contribution in [0.15, 0.2) is 200 Å². The molecule has 0 N–H and O–H groups in total. The lowest BCUT2D eigenvalue weighted by Gasteiger charge is -2.34. The van der Waals surface area contributed by atoms with E-state index in [0.29, 0.717) is 0 Å². The molecule has 0 aliphatic carbocycles. The Hall–Kier alpha value is -6.36. The fourth-order valence-electron chi connectivity index (χ4n) is 8.49. The third-order valence-electron chi connectivity index (χ3n) is 10.8. The molecule has 0 fully saturated rings. The molecule has 8 aromatic rings. The van der Waals surface area contributed by atoms with Crippen molar-refractivity contribution in [3.8, 4) is 45.3 Å². The molecular weight excluding hydrogens is 647 g/mol. The highest BCUT2D eigenvalue weighted by atomic mass is 28.3. The minimum Gasteiger partial charge on any atom is -0.458 e. The summed E-state index contributed by atoms with van der Waals surface area (Å²) in [6, 6.07) is 72.5. The van der Waals surface area contributed by atoms with Crippen molar-refractivity contribution in [3.05, 3.63) is 200 Å². The average molecular weight is 681 g/mol. The minimum absolute atomic E-state index is 0.0340. The van der Waals surface area contributed by atoms with Crippen molar-refractivity contribution in [2.75, 3.05) is 0 Å². The van der Waals surface area contributed by atoms with Gasteiger partial charge < -0.3 is 9.47 Å². The smallest absolute Gasteiger partial charge is 0.260 e. The van der Waals surface area contributed by atoms with E-state index in [1.54, 1.807) is 0 Å². The molecule has 52 heavy (non-hydrogen) atoms. The molecule has 0 bridgehead atoms. The summed E-state index contributed by atoms with van der Waals surface area (Å²) in [6.45, 7) is 0.0340. The maximum absolute atomic E-state index is 6.81. The van der Waals surface area contributed by atoms with Crippen LogP contribution in [0.25, 0.3) is 22.3 Å². The lowest BCUT2D eigenvalue weighted by molar-refractivity contribution is 0.465. The van der Waals surface area contributed by atoms with E-state index >= 15 is 0 Å². The highest BCUT2D eigenvalue weighted by molar-refractivity contribution is 7.19. The number of ether oxygens (including phenoxy) is 2. The Morgan fingerprint density at radius 3 is 1.52 bits per heavy atom. The van der Waals surface area contributed by atoms with E-state index in [1.807, 2.05) is 18.2 Å². The van der Waals surface area contributed by atoms with Gasteiger partial charge in [-0.2, -0.15) is 0 Å². The second-order valence-corrected chi connectivity index (χ2v) is 17.4. The van der Waals surface area contributed by atoms with Gasteiger partial charge in [0, 0.05) is 11.0 Å². The van der Waals surface area contributed by atoms with Crippen LogP contribution in [0.3, 0.4) is 0 Å². The molecule has 0 unspecified atom stereocenters. The van der Waals surface area contributed by atoms with E-state index < -0.39 is 8.07 Å². The van der Waals surface area contributed by atoms with Crippen LogP contribution in [0.2, 0.25) is 0 Å². The van der Waals surface area contributed by atoms with Gasteiger partial charge in [0.15, 0.2) is 8.07 Å². The molecule has 0 aromatic heterocycles. The average Bonchev–Trinajstić information content (AvgIpc) is 3.22. The molecule has 0 amide bonds. The Balaban J connectivity index is 1.12. The SMILES string of the molecule is c1ccc([Si](c2ccccc2)(c2ccccc2)c2cccc(-c3cccc(-c4cccc5c4Oc4cccc6c4B5c4ccccc4O6)c3)c2)cc1. The monoisotopic (exact) mass is 680 g/mol. The molecule has 0 spiro atoms. The highest BCUT2D eigenvalue weighted by Gasteiger charge is 2.42. The normalized spacial score (nSPS) is 12.5. The van der Waals surface area contributed by atoms with E-state index in [4.69, 9.17) is 9.47 Å². The van der Waals surface area contributed by atoms with Crippen LogP contribution in [-0.2, 0) is 0 Å². The molecule has 4 heteroatoms. The predicted octanol–water partition coefficient (Wildman–Crippen LogP) is 7.13. The Kier molecular flexibility index (Phi) is 7.29. The van der Waals surface area contributed by atoms with Gasteiger partial charge >= 0.3 is 0 Å². The van der Waals surface area contributed by atoms with Crippen LogP contribution in [0, 0.1) is 0 Å². The summed E-state index contributed by atoms with van der Waals surface area (Å²) in [5, 5.41) is 5.45. The molecule has 0 saturated carbocycles. The van der Waals surface area contributed by atoms with Gasteiger partial charge in [-0.1, -0.05) is 176 Å². The first-order chi connectivity index (χ1) is 25.8. The Bertz CT molecular complexity index is 2490. The topological polar surface area (TPSA) is 18.5 Å². The molecule has 2 nitrogen and oxygen atoms in total. The van der Waals surface area contributed by atoms with E-state index in [-0.39, 0.29) is 6.71 Å². The first-order valence-electron chi connectivity index (χ1n) is 17.9. The zero-order valence-corrected chi connectivity index (χ0v) is 29.4. The molecule has 10 rings (SSSR count). The number of rotatable bonds is 6. The minimum atomic E-state index is -2.67. The first kappa shape index (κ1) is 30.5. The largest absolute Gasteiger partial charge is 0.458 e. The van der Waals surface area contributed by atoms with Crippen molar-refractivity contribution in [2.45, 2.75) is 0 Å². The Labute approximate surface area is 305 Å². The molecule has 0 atom stereocenters. The maximum Gasteiger partial charge on any atom is 0.260 e. The summed E-state index contributed by atoms with van der Waals surface area (Å²) in [4.78, 5) is 0. The molecule has 244 valence electrons. The standard InChI is InChI=1S/C48H33BO2Si/c1-4-19-37(20-5-1)52(38-21-6-2-7-22-38,39-23-8-3-9-24-39)40-25-13-17-35(33-40)34-16-12-18-36(32-34)41-26-14-28-43-48(41)51-46-31-15-30-45-47(46)49(43)42-27-10-11-29-44(42)50-45/h1-33H. The van der Waals surface area contributed by atoms with Crippen molar-refractivity contribution in [3.63, 3.8) is 0 Å². The van der Waals surface area contributed by atoms with E-state index in [0.717, 1.165) is 50.5 Å². The summed E-state index contributed by atoms with van der Waals surface area (Å²) >= 11 is 0. The summed E-state index contributed by atoms with van der Waals surface area (Å²) in [7, 11) is -2.67. The fourth-order valence-corrected chi connectivity index (χ4v) is 13.3. The molecule has 2 heterocycles. The summed E-state index contributed by atoms with van der Waals surface area (Å²) in [6.07, 6.45) is 0. The van der Waals surface area contributed by atoms with Crippen LogP contribution >= 0.6 is 0 Å². The maximum atomic E-state index is 6.81. The molecule has 0 radical (unpaired) electrons. The third kappa shape index (κ3) is 4.80. The number of benzene rings is 8. The Morgan fingerprint density at radius 2 is 0.827 bits per heavy atom. The van der Waals surface area contributed by atoms with Gasteiger partial charge in [-0.15, -0.1) is 0 Å². The second kappa shape index (κ2) is 12.4. The zero-order valence-electron chi connectivity index (χ0n) is 28.4. The molecule has 8 aromatic carbocycles.